The molecule has 14 heteroatoms. The molecule has 1 atom stereocenters. The summed E-state index contributed by atoms with van der Waals surface area (Å²) >= 11 is 6.43. The molecule has 1 saturated heterocycles. The van der Waals surface area contributed by atoms with Crippen molar-refractivity contribution in [2.75, 3.05) is 36.9 Å². The molecule has 1 aliphatic rings. The Kier molecular flexibility index (Phi) is 9.58. The Labute approximate surface area is 255 Å². The Morgan fingerprint density at radius 3 is 2.65 bits per heavy atom. The minimum absolute atomic E-state index is 0.0217. The average Bonchev–Trinajstić information content (AvgIpc) is 3.01. The molecule has 2 heterocycles. The number of likely N-dealkylation sites (N-methyl/N-ethyl adjacent to an activating group) is 1. The third kappa shape index (κ3) is 7.15. The van der Waals surface area contributed by atoms with E-state index in [4.69, 9.17) is 16.3 Å². The topological polar surface area (TPSA) is 144 Å². The summed E-state index contributed by atoms with van der Waals surface area (Å²) in [4.78, 5) is 28.1. The standard InChI is InChI=1S/C29H29ClN8O4S/c1-37-15-6-5-9-21(37)18-31-36-35-29(39)19-8-7-10-20(16-19)38(43(40)41)28-27(32-24-11-3-4-12-25(24)34-28)33-26-17-22(42-2)13-14-23(26)30/h3-4,7-8,10-14,16-17,21,43H,5-6,9,15,18H2,1-2H3/p+1. The molecular formula is C29H30ClN8O4S+. The Morgan fingerprint density at radius 2 is 1.91 bits per heavy atom. The van der Waals surface area contributed by atoms with E-state index in [0.717, 1.165) is 30.1 Å². The number of halogens is 1. The second-order valence-electron chi connectivity index (χ2n) is 9.90. The second-order valence-corrected chi connectivity index (χ2v) is 11.2. The first kappa shape index (κ1) is 30.1. The highest BCUT2D eigenvalue weighted by atomic mass is 35.5. The van der Waals surface area contributed by atoms with E-state index in [9.17, 15) is 13.2 Å². The van der Waals surface area contributed by atoms with Crippen LogP contribution in [0.5, 0.6) is 5.75 Å². The van der Waals surface area contributed by atoms with Crippen molar-refractivity contribution in [1.82, 2.24) is 19.8 Å². The minimum atomic E-state index is -3.29. The molecule has 1 amide bonds. The van der Waals surface area contributed by atoms with Crippen molar-refractivity contribution in [3.63, 3.8) is 0 Å². The molecule has 222 valence electrons. The van der Waals surface area contributed by atoms with Crippen LogP contribution >= 0.6 is 11.6 Å². The molecule has 1 unspecified atom stereocenters. The number of methoxy groups -OCH3 is 1. The number of benzene rings is 3. The lowest BCUT2D eigenvalue weighted by atomic mass is 10.0. The number of rotatable bonds is 9. The zero-order valence-electron chi connectivity index (χ0n) is 23.6. The van der Waals surface area contributed by atoms with Gasteiger partial charge in [0.1, 0.15) is 17.4 Å². The summed E-state index contributed by atoms with van der Waals surface area (Å²) in [7, 11) is 0.279. The van der Waals surface area contributed by atoms with Crippen LogP contribution in [0.4, 0.5) is 23.0 Å². The maximum atomic E-state index is 12.9. The van der Waals surface area contributed by atoms with Crippen molar-refractivity contribution >= 4 is 62.4 Å². The number of hydrogen-bond donors (Lipinski definition) is 2. The van der Waals surface area contributed by atoms with E-state index in [1.54, 1.807) is 54.6 Å². The van der Waals surface area contributed by atoms with Crippen LogP contribution in [0.25, 0.3) is 11.0 Å². The third-order valence-electron chi connectivity index (χ3n) is 7.09. The van der Waals surface area contributed by atoms with Gasteiger partial charge in [-0.15, -0.1) is 0 Å². The highest BCUT2D eigenvalue weighted by Crippen LogP contribution is 2.36. The number of piperidine rings is 1. The van der Waals surface area contributed by atoms with E-state index >= 15 is 0 Å². The summed E-state index contributed by atoms with van der Waals surface area (Å²) in [6.07, 6.45) is 3.32. The number of aromatic nitrogens is 2. The fourth-order valence-electron chi connectivity index (χ4n) is 4.78. The lowest BCUT2D eigenvalue weighted by Gasteiger charge is -2.29. The van der Waals surface area contributed by atoms with Gasteiger partial charge in [0.05, 0.1) is 40.1 Å². The van der Waals surface area contributed by atoms with Gasteiger partial charge in [-0.1, -0.05) is 36.2 Å². The summed E-state index contributed by atoms with van der Waals surface area (Å²) in [6.45, 7) is 1.46. The van der Waals surface area contributed by atoms with E-state index in [1.807, 2.05) is 7.05 Å². The molecule has 1 N–H and O–H groups in total. The molecule has 1 aromatic heterocycles. The predicted molar refractivity (Wildman–Crippen MR) is 166 cm³/mol. The number of nitrogens with zero attached hydrogens (tertiary/aromatic N) is 7. The van der Waals surface area contributed by atoms with E-state index in [2.05, 4.69) is 35.3 Å². The maximum Gasteiger partial charge on any atom is 0.360 e. The van der Waals surface area contributed by atoms with Gasteiger partial charge in [-0.3, -0.25) is 4.79 Å². The summed E-state index contributed by atoms with van der Waals surface area (Å²) in [6, 6.07) is 18.3. The fraction of sp³-hybridized carbons (Fsp3) is 0.276. The van der Waals surface area contributed by atoms with Crippen molar-refractivity contribution in [1.29, 1.82) is 0 Å². The van der Waals surface area contributed by atoms with Crippen molar-refractivity contribution in [3.8, 4) is 5.75 Å². The van der Waals surface area contributed by atoms with Crippen LogP contribution < -0.4 is 19.3 Å². The molecule has 12 nitrogen and oxygen atoms in total. The number of amides is 1. The fourth-order valence-corrected chi connectivity index (χ4v) is 5.55. The number of carbonyl (C=O) groups excluding carboxylic acids is 1. The molecule has 1 aliphatic heterocycles. The number of fused-ring (bicyclic) bond motifs is 1. The SMILES string of the molecule is COc1ccc(Cl)c(Nc2nc3ccccc3nc2N(c2cccc(C(=O)N=[N+]=NCC3CCCCN3C)c2)[SH](=O)=O)c1. The Morgan fingerprint density at radius 1 is 1.12 bits per heavy atom. The van der Waals surface area contributed by atoms with Gasteiger partial charge >= 0.3 is 5.91 Å². The van der Waals surface area contributed by atoms with Crippen molar-refractivity contribution in [2.24, 2.45) is 10.2 Å². The van der Waals surface area contributed by atoms with Gasteiger partial charge < -0.3 is 15.0 Å². The minimum Gasteiger partial charge on any atom is -0.497 e. The summed E-state index contributed by atoms with van der Waals surface area (Å²) in [5, 5.41) is 11.3. The quantitative estimate of drug-likeness (QED) is 0.146. The van der Waals surface area contributed by atoms with Crippen LogP contribution in [0.15, 0.2) is 77.0 Å². The number of hydrogen-bond acceptors (Lipinski definition) is 9. The first-order chi connectivity index (χ1) is 20.8. The molecule has 3 aromatic carbocycles. The van der Waals surface area contributed by atoms with Crippen molar-refractivity contribution in [2.45, 2.75) is 25.3 Å². The summed E-state index contributed by atoms with van der Waals surface area (Å²) in [5.74, 6) is -0.0240. The highest BCUT2D eigenvalue weighted by molar-refractivity contribution is 7.74. The first-order valence-electron chi connectivity index (χ1n) is 13.6. The molecule has 0 saturated carbocycles. The smallest absolute Gasteiger partial charge is 0.360 e. The normalized spacial score (nSPS) is 15.1. The Balaban J connectivity index is 1.49. The number of ether oxygens (including phenoxy) is 1. The zero-order valence-corrected chi connectivity index (χ0v) is 25.2. The van der Waals surface area contributed by atoms with Crippen LogP contribution in [0.2, 0.25) is 5.02 Å². The molecule has 0 radical (unpaired) electrons. The van der Waals surface area contributed by atoms with E-state index in [0.29, 0.717) is 34.0 Å². The highest BCUT2D eigenvalue weighted by Gasteiger charge is 2.23. The van der Waals surface area contributed by atoms with Crippen LogP contribution in [-0.4, -0.2) is 62.5 Å². The lowest BCUT2D eigenvalue weighted by molar-refractivity contribution is 0.0992. The molecule has 5 rings (SSSR count). The molecule has 4 aromatic rings. The van der Waals surface area contributed by atoms with Crippen LogP contribution in [0, 0.1) is 0 Å². The predicted octanol–water partition coefficient (Wildman–Crippen LogP) is 5.30. The Hall–Kier alpha value is -4.42. The van der Waals surface area contributed by atoms with Gasteiger partial charge in [-0.2, -0.15) is 0 Å². The average molecular weight is 622 g/mol. The summed E-state index contributed by atoms with van der Waals surface area (Å²) < 4.78 is 31.8. The second kappa shape index (κ2) is 13.7. The van der Waals surface area contributed by atoms with Crippen LogP contribution in [-0.2, 0) is 10.9 Å². The molecule has 43 heavy (non-hydrogen) atoms. The molecule has 0 aliphatic carbocycles. The van der Waals surface area contributed by atoms with Crippen LogP contribution in [0.3, 0.4) is 0 Å². The largest absolute Gasteiger partial charge is 0.497 e. The molecule has 0 spiro atoms. The molecule has 0 bridgehead atoms. The van der Waals surface area contributed by atoms with Gasteiger partial charge in [-0.05, 0) is 68.9 Å². The number of likely N-dealkylation sites (tertiary alicyclic amines) is 1. The van der Waals surface area contributed by atoms with Gasteiger partial charge in [-0.25, -0.2) is 22.7 Å². The summed E-state index contributed by atoms with van der Waals surface area (Å²) in [5.41, 5.74) is 1.71. The van der Waals surface area contributed by atoms with Gasteiger partial charge in [0.15, 0.2) is 11.6 Å². The molecule has 1 fully saturated rings. The lowest BCUT2D eigenvalue weighted by Crippen LogP contribution is -2.38. The van der Waals surface area contributed by atoms with E-state index in [-0.39, 0.29) is 28.9 Å². The number of para-hydroxylation sites is 2. The van der Waals surface area contributed by atoms with Crippen molar-refractivity contribution < 1.29 is 17.9 Å². The first-order valence-corrected chi connectivity index (χ1v) is 15.1. The van der Waals surface area contributed by atoms with Crippen molar-refractivity contribution in [3.05, 3.63) is 77.3 Å². The number of thiol groups is 1. The number of anilines is 4. The Bertz CT molecular complexity index is 1790. The molecular weight excluding hydrogens is 592 g/mol. The van der Waals surface area contributed by atoms with Crippen LogP contribution in [0.1, 0.15) is 29.6 Å². The number of nitrogens with one attached hydrogen (secondary N) is 1. The third-order valence-corrected chi connectivity index (χ3v) is 8.17. The number of carbonyl (C=O) groups is 1. The van der Waals surface area contributed by atoms with E-state index < -0.39 is 16.8 Å². The van der Waals surface area contributed by atoms with Gasteiger partial charge in [0.2, 0.25) is 20.9 Å². The van der Waals surface area contributed by atoms with Gasteiger partial charge in [0.25, 0.3) is 0 Å². The maximum absolute atomic E-state index is 12.9. The van der Waals surface area contributed by atoms with Gasteiger partial charge in [0, 0.05) is 12.1 Å². The van der Waals surface area contributed by atoms with E-state index in [1.165, 1.54) is 19.2 Å². The monoisotopic (exact) mass is 621 g/mol. The zero-order chi connectivity index (χ0) is 30.3.